The van der Waals surface area contributed by atoms with Crippen LogP contribution < -0.4 is 0 Å². The zero-order valence-electron chi connectivity index (χ0n) is 12.7. The lowest BCUT2D eigenvalue weighted by Gasteiger charge is -2.48. The van der Waals surface area contributed by atoms with Gasteiger partial charge in [0.25, 0.3) is 0 Å². The molecular formula is C18H32O. The van der Waals surface area contributed by atoms with E-state index in [9.17, 15) is 0 Å². The number of hydrogen-bond acceptors (Lipinski definition) is 1. The molecule has 0 unspecified atom stereocenters. The molecule has 0 aromatic carbocycles. The van der Waals surface area contributed by atoms with Crippen molar-refractivity contribution in [2.45, 2.75) is 114 Å². The summed E-state index contributed by atoms with van der Waals surface area (Å²) in [6.45, 7) is 0. The Balaban J connectivity index is 1.77. The summed E-state index contributed by atoms with van der Waals surface area (Å²) in [7, 11) is 0. The molecule has 1 aliphatic heterocycles. The minimum Gasteiger partial charge on any atom is -0.369 e. The molecule has 0 N–H and O–H groups in total. The van der Waals surface area contributed by atoms with Crippen molar-refractivity contribution >= 4 is 0 Å². The highest BCUT2D eigenvalue weighted by Gasteiger charge is 2.42. The zero-order chi connectivity index (χ0) is 13.0. The predicted molar refractivity (Wildman–Crippen MR) is 80.4 cm³/mol. The lowest BCUT2D eigenvalue weighted by Crippen LogP contribution is -2.46. The Hall–Kier alpha value is -0.0400. The van der Waals surface area contributed by atoms with Gasteiger partial charge >= 0.3 is 0 Å². The molecule has 3 fully saturated rings. The van der Waals surface area contributed by atoms with E-state index in [1.165, 1.54) is 103 Å². The zero-order valence-corrected chi connectivity index (χ0v) is 12.7. The van der Waals surface area contributed by atoms with E-state index in [0.717, 1.165) is 0 Å². The summed E-state index contributed by atoms with van der Waals surface area (Å²) in [5.41, 5.74) is 0.583. The van der Waals surface area contributed by atoms with Crippen molar-refractivity contribution in [3.63, 3.8) is 0 Å². The fourth-order valence-corrected chi connectivity index (χ4v) is 4.91. The van der Waals surface area contributed by atoms with Crippen molar-refractivity contribution in [3.8, 4) is 0 Å². The number of hydrogen-bond donors (Lipinski definition) is 0. The Bertz CT molecular complexity index is 243. The molecule has 3 aliphatic rings. The van der Waals surface area contributed by atoms with Gasteiger partial charge in [-0.05, 0) is 38.5 Å². The highest BCUT2D eigenvalue weighted by atomic mass is 16.5. The molecule has 0 radical (unpaired) electrons. The SMILES string of the molecule is C1CCCC2(CCCCC2)OC2(CC1)CCCCC2. The van der Waals surface area contributed by atoms with E-state index in [1.807, 2.05) is 0 Å². The highest BCUT2D eigenvalue weighted by Crippen LogP contribution is 2.46. The first kappa shape index (κ1) is 13.9. The second-order valence-electron chi connectivity index (χ2n) is 7.50. The predicted octanol–water partition coefficient (Wildman–Crippen LogP) is 5.76. The summed E-state index contributed by atoms with van der Waals surface area (Å²) >= 11 is 0. The van der Waals surface area contributed by atoms with Gasteiger partial charge in [0, 0.05) is 0 Å². The molecule has 1 heterocycles. The van der Waals surface area contributed by atoms with Crippen LogP contribution in [0, 0.1) is 0 Å². The van der Waals surface area contributed by atoms with Gasteiger partial charge in [-0.1, -0.05) is 64.2 Å². The highest BCUT2D eigenvalue weighted by molar-refractivity contribution is 4.93. The van der Waals surface area contributed by atoms with Crippen molar-refractivity contribution in [2.24, 2.45) is 0 Å². The van der Waals surface area contributed by atoms with Crippen molar-refractivity contribution in [3.05, 3.63) is 0 Å². The maximum atomic E-state index is 7.03. The van der Waals surface area contributed by atoms with E-state index in [1.54, 1.807) is 0 Å². The van der Waals surface area contributed by atoms with Crippen molar-refractivity contribution in [1.29, 1.82) is 0 Å². The van der Waals surface area contributed by atoms with Crippen LogP contribution in [0.4, 0.5) is 0 Å². The maximum absolute atomic E-state index is 7.03. The van der Waals surface area contributed by atoms with Crippen LogP contribution in [0.15, 0.2) is 0 Å². The van der Waals surface area contributed by atoms with Gasteiger partial charge in [0.1, 0.15) is 0 Å². The second-order valence-corrected chi connectivity index (χ2v) is 7.50. The lowest BCUT2D eigenvalue weighted by molar-refractivity contribution is -0.190. The van der Waals surface area contributed by atoms with Gasteiger partial charge in [-0.3, -0.25) is 0 Å². The van der Waals surface area contributed by atoms with E-state index >= 15 is 0 Å². The molecule has 1 heteroatoms. The smallest absolute Gasteiger partial charge is 0.0690 e. The third kappa shape index (κ3) is 3.35. The van der Waals surface area contributed by atoms with Gasteiger partial charge in [0.05, 0.1) is 11.2 Å². The van der Waals surface area contributed by atoms with Crippen molar-refractivity contribution in [1.82, 2.24) is 0 Å². The molecule has 19 heavy (non-hydrogen) atoms. The molecule has 1 saturated heterocycles. The van der Waals surface area contributed by atoms with Gasteiger partial charge in [0.15, 0.2) is 0 Å². The van der Waals surface area contributed by atoms with Crippen LogP contribution in [-0.4, -0.2) is 11.2 Å². The molecule has 3 rings (SSSR count). The van der Waals surface area contributed by atoms with Gasteiger partial charge in [-0.25, -0.2) is 0 Å². The molecule has 0 amide bonds. The summed E-state index contributed by atoms with van der Waals surface area (Å²) < 4.78 is 7.03. The van der Waals surface area contributed by atoms with Crippen LogP contribution in [0.25, 0.3) is 0 Å². The number of ether oxygens (including phenoxy) is 1. The van der Waals surface area contributed by atoms with Crippen LogP contribution in [0.2, 0.25) is 0 Å². The minimum atomic E-state index is 0.292. The average Bonchev–Trinajstić information content (AvgIpc) is 2.51. The topological polar surface area (TPSA) is 9.23 Å². The standard InChI is InChI=1S/C18H32O/c1-2-6-12-18(15-9-4-10-16-18)19-17(11-5-1)13-7-3-8-14-17/h1-16H2. The van der Waals surface area contributed by atoms with E-state index in [4.69, 9.17) is 4.74 Å². The average molecular weight is 264 g/mol. The first-order valence-electron chi connectivity index (χ1n) is 9.03. The first-order chi connectivity index (χ1) is 9.33. The summed E-state index contributed by atoms with van der Waals surface area (Å²) in [5, 5.41) is 0. The second kappa shape index (κ2) is 6.16. The Morgan fingerprint density at radius 3 is 0.947 bits per heavy atom. The van der Waals surface area contributed by atoms with Crippen molar-refractivity contribution < 1.29 is 4.74 Å². The fraction of sp³-hybridized carbons (Fsp3) is 1.00. The van der Waals surface area contributed by atoms with E-state index in [-0.39, 0.29) is 0 Å². The molecule has 1 nitrogen and oxygen atoms in total. The third-order valence-electron chi connectivity index (χ3n) is 5.98. The van der Waals surface area contributed by atoms with Crippen LogP contribution in [-0.2, 0) is 4.74 Å². The van der Waals surface area contributed by atoms with E-state index < -0.39 is 0 Å². The quantitative estimate of drug-likeness (QED) is 0.540. The normalized spacial score (nSPS) is 31.6. The molecule has 2 spiro atoms. The fourth-order valence-electron chi connectivity index (χ4n) is 4.91. The van der Waals surface area contributed by atoms with Crippen LogP contribution in [0.3, 0.4) is 0 Å². The van der Waals surface area contributed by atoms with Crippen LogP contribution in [0.1, 0.15) is 103 Å². The Morgan fingerprint density at radius 2 is 0.632 bits per heavy atom. The Labute approximate surface area is 119 Å². The van der Waals surface area contributed by atoms with Gasteiger partial charge in [-0.15, -0.1) is 0 Å². The molecule has 2 saturated carbocycles. The van der Waals surface area contributed by atoms with Crippen LogP contribution >= 0.6 is 0 Å². The maximum Gasteiger partial charge on any atom is 0.0690 e. The Morgan fingerprint density at radius 1 is 0.368 bits per heavy atom. The van der Waals surface area contributed by atoms with Gasteiger partial charge < -0.3 is 4.74 Å². The molecule has 2 aliphatic carbocycles. The molecule has 0 bridgehead atoms. The van der Waals surface area contributed by atoms with Crippen molar-refractivity contribution in [2.75, 3.05) is 0 Å². The molecule has 0 aromatic rings. The summed E-state index contributed by atoms with van der Waals surface area (Å²) in [4.78, 5) is 0. The molecule has 0 aromatic heterocycles. The molecule has 0 atom stereocenters. The summed E-state index contributed by atoms with van der Waals surface area (Å²) in [5.74, 6) is 0. The summed E-state index contributed by atoms with van der Waals surface area (Å²) in [6, 6.07) is 0. The monoisotopic (exact) mass is 264 g/mol. The van der Waals surface area contributed by atoms with Crippen LogP contribution in [0.5, 0.6) is 0 Å². The molecular weight excluding hydrogens is 232 g/mol. The largest absolute Gasteiger partial charge is 0.369 e. The lowest BCUT2D eigenvalue weighted by atomic mass is 9.77. The number of rotatable bonds is 0. The van der Waals surface area contributed by atoms with Gasteiger partial charge in [0.2, 0.25) is 0 Å². The van der Waals surface area contributed by atoms with E-state index in [0.29, 0.717) is 11.2 Å². The Kier molecular flexibility index (Phi) is 4.51. The molecule has 110 valence electrons. The van der Waals surface area contributed by atoms with Gasteiger partial charge in [-0.2, -0.15) is 0 Å². The van der Waals surface area contributed by atoms with E-state index in [2.05, 4.69) is 0 Å². The minimum absolute atomic E-state index is 0.292. The summed E-state index contributed by atoms with van der Waals surface area (Å²) in [6.07, 6.45) is 22.4. The first-order valence-corrected chi connectivity index (χ1v) is 9.03. The third-order valence-corrected chi connectivity index (χ3v) is 5.98.